The molecule has 0 heterocycles. The molecule has 202 valence electrons. The lowest BCUT2D eigenvalue weighted by Gasteiger charge is -2.37. The van der Waals surface area contributed by atoms with Crippen molar-refractivity contribution >= 4 is 5.57 Å². The highest BCUT2D eigenvalue weighted by Crippen LogP contribution is 2.36. The first-order valence-electron chi connectivity index (χ1n) is 14.2. The molecule has 2 aromatic carbocycles. The summed E-state index contributed by atoms with van der Waals surface area (Å²) in [5.41, 5.74) is 2.61. The van der Waals surface area contributed by atoms with Crippen LogP contribution in [0.15, 0.2) is 66.8 Å². The van der Waals surface area contributed by atoms with Crippen molar-refractivity contribution in [3.05, 3.63) is 78.1 Å². The van der Waals surface area contributed by atoms with Crippen molar-refractivity contribution in [1.29, 1.82) is 0 Å². The van der Waals surface area contributed by atoms with E-state index in [2.05, 4.69) is 13.8 Å². The van der Waals surface area contributed by atoms with E-state index in [1.165, 1.54) is 37.8 Å². The Balaban J connectivity index is 1.72. The van der Waals surface area contributed by atoms with Gasteiger partial charge in [0.15, 0.2) is 6.17 Å². The van der Waals surface area contributed by atoms with E-state index in [4.69, 9.17) is 9.47 Å². The fraction of sp³-hybridized carbons (Fsp3) is 0.515. The van der Waals surface area contributed by atoms with Crippen molar-refractivity contribution in [2.75, 3.05) is 6.61 Å². The maximum absolute atomic E-state index is 15.8. The number of ether oxygens (including phenoxy) is 2. The minimum Gasteiger partial charge on any atom is -0.344 e. The molecule has 0 aromatic heterocycles. The van der Waals surface area contributed by atoms with Gasteiger partial charge in [0.1, 0.15) is 5.82 Å². The first kappa shape index (κ1) is 29.3. The Labute approximate surface area is 222 Å². The minimum atomic E-state index is -1.49. The van der Waals surface area contributed by atoms with Crippen LogP contribution in [0.3, 0.4) is 0 Å². The van der Waals surface area contributed by atoms with Crippen molar-refractivity contribution in [2.45, 2.75) is 103 Å². The third-order valence-electron chi connectivity index (χ3n) is 7.02. The lowest BCUT2D eigenvalue weighted by Crippen LogP contribution is -2.46. The third-order valence-corrected chi connectivity index (χ3v) is 7.02. The number of rotatable bonds is 16. The Kier molecular flexibility index (Phi) is 12.0. The van der Waals surface area contributed by atoms with Crippen molar-refractivity contribution in [3.8, 4) is 11.1 Å². The summed E-state index contributed by atoms with van der Waals surface area (Å²) in [6.07, 6.45) is 14.4. The van der Waals surface area contributed by atoms with Crippen molar-refractivity contribution in [2.24, 2.45) is 0 Å². The molecule has 0 aliphatic heterocycles. The Morgan fingerprint density at radius 2 is 1.57 bits per heavy atom. The molecule has 0 radical (unpaired) electrons. The molecular weight excluding hydrogens is 466 g/mol. The van der Waals surface area contributed by atoms with Crippen LogP contribution in [0, 0.1) is 5.82 Å². The molecule has 2 aromatic rings. The number of hydrogen-bond acceptors (Lipinski definition) is 2. The molecule has 2 nitrogen and oxygen atoms in total. The molecule has 0 bridgehead atoms. The van der Waals surface area contributed by atoms with E-state index < -0.39 is 12.0 Å². The molecule has 0 N–H and O–H groups in total. The summed E-state index contributed by atoms with van der Waals surface area (Å²) in [6, 6.07) is 14.5. The number of hydrogen-bond donors (Lipinski definition) is 0. The second-order valence-electron chi connectivity index (χ2n) is 10.2. The zero-order valence-corrected chi connectivity index (χ0v) is 22.9. The van der Waals surface area contributed by atoms with Gasteiger partial charge >= 0.3 is 0 Å². The van der Waals surface area contributed by atoms with E-state index in [0.29, 0.717) is 23.3 Å². The molecule has 1 aliphatic rings. The quantitative estimate of drug-likeness (QED) is 0.165. The third kappa shape index (κ3) is 8.61. The van der Waals surface area contributed by atoms with Crippen LogP contribution in [0.2, 0.25) is 0 Å². The molecule has 1 aliphatic carbocycles. The molecule has 0 spiro atoms. The minimum absolute atomic E-state index is 0.128. The van der Waals surface area contributed by atoms with Crippen LogP contribution in [-0.4, -0.2) is 24.7 Å². The number of halogens is 2. The number of allylic oxidation sites excluding steroid dienone is 2. The zero-order valence-electron chi connectivity index (χ0n) is 22.9. The standard InChI is InChI=1S/C33H44F2O2/c1-4-6-8-9-10-15-23-36-33(37-26(3)16-12-7-5-2)22-21-29(25-32(33)35)28-19-20-30(31(34)24-28)27-17-13-11-14-18-27/h11,13-14,17-22,24-26,32H,4-10,12,15-16,23H2,1-3H3/t26?,32-,33?/m1/s1. The van der Waals surface area contributed by atoms with Gasteiger partial charge in [-0.3, -0.25) is 0 Å². The molecule has 2 unspecified atom stereocenters. The largest absolute Gasteiger partial charge is 0.344 e. The predicted octanol–water partition coefficient (Wildman–Crippen LogP) is 9.84. The second kappa shape index (κ2) is 15.2. The molecule has 3 rings (SSSR count). The lowest BCUT2D eigenvalue weighted by atomic mass is 9.93. The van der Waals surface area contributed by atoms with Gasteiger partial charge in [0.05, 0.1) is 12.7 Å². The Bertz CT molecular complexity index is 1000. The smallest absolute Gasteiger partial charge is 0.224 e. The van der Waals surface area contributed by atoms with Gasteiger partial charge in [-0.2, -0.15) is 0 Å². The van der Waals surface area contributed by atoms with E-state index >= 15 is 4.39 Å². The van der Waals surface area contributed by atoms with Crippen molar-refractivity contribution < 1.29 is 18.3 Å². The monoisotopic (exact) mass is 510 g/mol. The van der Waals surface area contributed by atoms with E-state index in [-0.39, 0.29) is 11.9 Å². The molecule has 0 amide bonds. The molecule has 4 heteroatoms. The summed E-state index contributed by atoms with van der Waals surface area (Å²) in [4.78, 5) is 0. The lowest BCUT2D eigenvalue weighted by molar-refractivity contribution is -0.249. The van der Waals surface area contributed by atoms with Crippen LogP contribution in [0.1, 0.15) is 90.5 Å². The highest BCUT2D eigenvalue weighted by atomic mass is 19.1. The maximum atomic E-state index is 15.8. The summed E-state index contributed by atoms with van der Waals surface area (Å²) >= 11 is 0. The van der Waals surface area contributed by atoms with Gasteiger partial charge in [-0.25, -0.2) is 8.78 Å². The van der Waals surface area contributed by atoms with Crippen molar-refractivity contribution in [1.82, 2.24) is 0 Å². The van der Waals surface area contributed by atoms with Gasteiger partial charge in [-0.15, -0.1) is 0 Å². The fourth-order valence-electron chi connectivity index (χ4n) is 4.80. The molecule has 0 saturated heterocycles. The van der Waals surface area contributed by atoms with Crippen molar-refractivity contribution in [3.63, 3.8) is 0 Å². The second-order valence-corrected chi connectivity index (χ2v) is 10.2. The van der Waals surface area contributed by atoms with Crippen LogP contribution in [0.5, 0.6) is 0 Å². The molecular formula is C33H44F2O2. The van der Waals surface area contributed by atoms with Crippen LogP contribution < -0.4 is 0 Å². The van der Waals surface area contributed by atoms with Crippen LogP contribution in [-0.2, 0) is 9.47 Å². The first-order valence-corrected chi connectivity index (χ1v) is 14.2. The van der Waals surface area contributed by atoms with E-state index in [0.717, 1.165) is 44.1 Å². The zero-order chi connectivity index (χ0) is 26.5. The summed E-state index contributed by atoms with van der Waals surface area (Å²) < 4.78 is 43.2. The van der Waals surface area contributed by atoms with Crippen LogP contribution in [0.4, 0.5) is 8.78 Å². The highest BCUT2D eigenvalue weighted by molar-refractivity contribution is 5.78. The predicted molar refractivity (Wildman–Crippen MR) is 151 cm³/mol. The average molecular weight is 511 g/mol. The Hall–Kier alpha value is -2.30. The summed E-state index contributed by atoms with van der Waals surface area (Å²) in [5.74, 6) is -1.77. The Morgan fingerprint density at radius 3 is 2.27 bits per heavy atom. The average Bonchev–Trinajstić information content (AvgIpc) is 2.90. The van der Waals surface area contributed by atoms with Gasteiger partial charge < -0.3 is 9.47 Å². The summed E-state index contributed by atoms with van der Waals surface area (Å²) in [5, 5.41) is 0. The molecule has 3 atom stereocenters. The fourth-order valence-corrected chi connectivity index (χ4v) is 4.80. The number of alkyl halides is 1. The maximum Gasteiger partial charge on any atom is 0.224 e. The van der Waals surface area contributed by atoms with Gasteiger partial charge in [-0.05, 0) is 54.7 Å². The highest BCUT2D eigenvalue weighted by Gasteiger charge is 2.42. The topological polar surface area (TPSA) is 18.5 Å². The molecule has 37 heavy (non-hydrogen) atoms. The Morgan fingerprint density at radius 1 is 0.865 bits per heavy atom. The van der Waals surface area contributed by atoms with E-state index in [1.54, 1.807) is 12.1 Å². The van der Waals surface area contributed by atoms with Gasteiger partial charge in [0, 0.05) is 5.56 Å². The van der Waals surface area contributed by atoms with Gasteiger partial charge in [0.25, 0.3) is 0 Å². The molecule has 0 saturated carbocycles. The van der Waals surface area contributed by atoms with E-state index in [1.807, 2.05) is 49.4 Å². The van der Waals surface area contributed by atoms with Crippen LogP contribution in [0.25, 0.3) is 16.7 Å². The molecule has 0 fully saturated rings. The normalized spacial score (nSPS) is 20.1. The van der Waals surface area contributed by atoms with Gasteiger partial charge in [-0.1, -0.05) is 114 Å². The van der Waals surface area contributed by atoms with Gasteiger partial charge in [0.2, 0.25) is 5.79 Å². The number of unbranched alkanes of at least 4 members (excludes halogenated alkanes) is 7. The van der Waals surface area contributed by atoms with Crippen LogP contribution >= 0.6 is 0 Å². The summed E-state index contributed by atoms with van der Waals surface area (Å²) in [7, 11) is 0. The number of benzene rings is 2. The first-order chi connectivity index (χ1) is 18.0. The van der Waals surface area contributed by atoms with E-state index in [9.17, 15) is 4.39 Å². The summed E-state index contributed by atoms with van der Waals surface area (Å²) in [6.45, 7) is 6.81. The SMILES string of the molecule is CCCCCCCCOC1(OC(C)CCCCC)C=CC(c2ccc(-c3ccccc3)c(F)c2)=C[C@H]1F.